The maximum Gasteiger partial charge on any atom is 0.0599 e. The van der Waals surface area contributed by atoms with Crippen LogP contribution < -0.4 is 0 Å². The fourth-order valence-electron chi connectivity index (χ4n) is 1.08. The van der Waals surface area contributed by atoms with Crippen LogP contribution in [-0.2, 0) is 0 Å². The van der Waals surface area contributed by atoms with Gasteiger partial charge in [-0.3, -0.25) is 5.01 Å². The molecule has 1 atom stereocenters. The molecule has 0 amide bonds. The van der Waals surface area contributed by atoms with Crippen molar-refractivity contribution in [3.8, 4) is 0 Å². The molecule has 0 saturated carbocycles. The van der Waals surface area contributed by atoms with Gasteiger partial charge in [-0.05, 0) is 25.8 Å². The highest BCUT2D eigenvalue weighted by Crippen LogP contribution is 2.08. The summed E-state index contributed by atoms with van der Waals surface area (Å²) in [7, 11) is 2.04. The molecule has 0 aromatic rings. The first kappa shape index (κ1) is 8.31. The molecule has 2 heteroatoms. The summed E-state index contributed by atoms with van der Waals surface area (Å²) in [6, 6.07) is 0.537. The Labute approximate surface area is 68.6 Å². The van der Waals surface area contributed by atoms with Gasteiger partial charge in [-0.15, -0.1) is 0 Å². The maximum atomic E-state index is 4.44. The third-order valence-electron chi connectivity index (χ3n) is 2.07. The van der Waals surface area contributed by atoms with E-state index in [9.17, 15) is 0 Å². The zero-order valence-electron chi connectivity index (χ0n) is 7.54. The van der Waals surface area contributed by atoms with Crippen LogP contribution in [0.25, 0.3) is 0 Å². The second-order valence-corrected chi connectivity index (χ2v) is 3.01. The highest BCUT2D eigenvalue weighted by Gasteiger charge is 2.07. The maximum absolute atomic E-state index is 4.44. The Morgan fingerprint density at radius 2 is 2.45 bits per heavy atom. The molecule has 0 spiro atoms. The molecule has 1 aliphatic heterocycles. The predicted molar refractivity (Wildman–Crippen MR) is 48.7 cm³/mol. The van der Waals surface area contributed by atoms with Crippen molar-refractivity contribution in [1.29, 1.82) is 0 Å². The first-order valence-corrected chi connectivity index (χ1v) is 4.21. The van der Waals surface area contributed by atoms with Crippen LogP contribution in [0.4, 0.5) is 0 Å². The molecule has 2 nitrogen and oxygen atoms in total. The molecule has 0 bridgehead atoms. The van der Waals surface area contributed by atoms with Crippen molar-refractivity contribution >= 4 is 5.71 Å². The molecular formula is C9H16N2. The second-order valence-electron chi connectivity index (χ2n) is 3.01. The molecule has 0 N–H and O–H groups in total. The van der Waals surface area contributed by atoms with Crippen LogP contribution in [0.3, 0.4) is 0 Å². The molecule has 1 unspecified atom stereocenters. The molecule has 0 aromatic carbocycles. The summed E-state index contributed by atoms with van der Waals surface area (Å²) in [6.45, 7) is 4.32. The quantitative estimate of drug-likeness (QED) is 0.561. The Kier molecular flexibility index (Phi) is 2.69. The smallest absolute Gasteiger partial charge is 0.0599 e. The second kappa shape index (κ2) is 3.56. The molecule has 0 fully saturated rings. The molecule has 1 aliphatic rings. The topological polar surface area (TPSA) is 15.6 Å². The summed E-state index contributed by atoms with van der Waals surface area (Å²) < 4.78 is 0. The summed E-state index contributed by atoms with van der Waals surface area (Å²) in [5.74, 6) is 0. The Balaban J connectivity index is 2.71. The van der Waals surface area contributed by atoms with Crippen LogP contribution in [0.1, 0.15) is 26.7 Å². The van der Waals surface area contributed by atoms with Gasteiger partial charge in [0, 0.05) is 13.1 Å². The third-order valence-corrected chi connectivity index (χ3v) is 2.07. The number of hydrogen-bond donors (Lipinski definition) is 0. The van der Waals surface area contributed by atoms with Crippen molar-refractivity contribution in [1.82, 2.24) is 5.01 Å². The van der Waals surface area contributed by atoms with Gasteiger partial charge in [0.2, 0.25) is 0 Å². The Morgan fingerprint density at radius 3 is 3.09 bits per heavy atom. The van der Waals surface area contributed by atoms with Crippen molar-refractivity contribution in [3.63, 3.8) is 0 Å². The van der Waals surface area contributed by atoms with Crippen LogP contribution in [0.5, 0.6) is 0 Å². The van der Waals surface area contributed by atoms with Crippen molar-refractivity contribution in [2.24, 2.45) is 5.10 Å². The van der Waals surface area contributed by atoms with Crippen LogP contribution in [-0.4, -0.2) is 23.8 Å². The van der Waals surface area contributed by atoms with Crippen LogP contribution in [0.15, 0.2) is 17.3 Å². The van der Waals surface area contributed by atoms with Crippen LogP contribution >= 0.6 is 0 Å². The van der Waals surface area contributed by atoms with Crippen LogP contribution in [0.2, 0.25) is 0 Å². The lowest BCUT2D eigenvalue weighted by Gasteiger charge is -2.19. The molecule has 0 saturated heterocycles. The first-order chi connectivity index (χ1) is 5.24. The van der Waals surface area contributed by atoms with Gasteiger partial charge in [0.05, 0.1) is 5.71 Å². The molecule has 0 aromatic heterocycles. The van der Waals surface area contributed by atoms with Gasteiger partial charge in [0.15, 0.2) is 0 Å². The number of nitrogens with zero attached hydrogens (tertiary/aromatic N) is 2. The van der Waals surface area contributed by atoms with Gasteiger partial charge in [0.25, 0.3) is 0 Å². The summed E-state index contributed by atoms with van der Waals surface area (Å²) in [4.78, 5) is 0. The standard InChI is InChI=1S/C9H16N2/c1-4-9-7-5-6-8(2)11(3)10-9/h5,7-8H,4,6H2,1-3H3. The zero-order valence-corrected chi connectivity index (χ0v) is 7.54. The van der Waals surface area contributed by atoms with E-state index < -0.39 is 0 Å². The molecule has 0 aliphatic carbocycles. The van der Waals surface area contributed by atoms with E-state index in [1.165, 1.54) is 5.71 Å². The minimum atomic E-state index is 0.537. The van der Waals surface area contributed by atoms with E-state index in [4.69, 9.17) is 0 Å². The first-order valence-electron chi connectivity index (χ1n) is 4.21. The van der Waals surface area contributed by atoms with Gasteiger partial charge in [0.1, 0.15) is 0 Å². The van der Waals surface area contributed by atoms with Gasteiger partial charge in [-0.25, -0.2) is 0 Å². The summed E-state index contributed by atoms with van der Waals surface area (Å²) in [5, 5.41) is 6.48. The fraction of sp³-hybridized carbons (Fsp3) is 0.667. The Bertz CT molecular complexity index is 182. The van der Waals surface area contributed by atoms with Gasteiger partial charge < -0.3 is 0 Å². The monoisotopic (exact) mass is 152 g/mol. The summed E-state index contributed by atoms with van der Waals surface area (Å²) >= 11 is 0. The molecule has 11 heavy (non-hydrogen) atoms. The Morgan fingerprint density at radius 1 is 1.73 bits per heavy atom. The van der Waals surface area contributed by atoms with Crippen molar-refractivity contribution < 1.29 is 0 Å². The average Bonchev–Trinajstić information content (AvgIpc) is 2.15. The fourth-order valence-corrected chi connectivity index (χ4v) is 1.08. The zero-order chi connectivity index (χ0) is 8.27. The lowest BCUT2D eigenvalue weighted by atomic mass is 10.2. The van der Waals surface area contributed by atoms with E-state index in [1.54, 1.807) is 0 Å². The molecule has 62 valence electrons. The molecule has 1 heterocycles. The number of rotatable bonds is 1. The lowest BCUT2D eigenvalue weighted by Crippen LogP contribution is -2.23. The van der Waals surface area contributed by atoms with Crippen molar-refractivity contribution in [2.75, 3.05) is 7.05 Å². The van der Waals surface area contributed by atoms with Gasteiger partial charge in [-0.2, -0.15) is 5.10 Å². The van der Waals surface area contributed by atoms with Gasteiger partial charge in [-0.1, -0.05) is 13.0 Å². The van der Waals surface area contributed by atoms with Crippen molar-refractivity contribution in [3.05, 3.63) is 12.2 Å². The predicted octanol–water partition coefficient (Wildman–Crippen LogP) is 2.03. The normalized spacial score (nSPS) is 24.8. The molecule has 0 radical (unpaired) electrons. The SMILES string of the molecule is CCC1=NN(C)C(C)CC=C1. The largest absolute Gasteiger partial charge is 0.297 e. The van der Waals surface area contributed by atoms with E-state index in [1.807, 2.05) is 12.1 Å². The van der Waals surface area contributed by atoms with Crippen molar-refractivity contribution in [2.45, 2.75) is 32.7 Å². The van der Waals surface area contributed by atoms with Gasteiger partial charge >= 0.3 is 0 Å². The Hall–Kier alpha value is -0.790. The average molecular weight is 152 g/mol. The summed E-state index contributed by atoms with van der Waals surface area (Å²) in [6.07, 6.45) is 6.45. The van der Waals surface area contributed by atoms with E-state index in [-0.39, 0.29) is 0 Å². The number of hydrazone groups is 1. The van der Waals surface area contributed by atoms with E-state index in [0.717, 1.165) is 12.8 Å². The minimum Gasteiger partial charge on any atom is -0.297 e. The highest BCUT2D eigenvalue weighted by atomic mass is 15.4. The number of allylic oxidation sites excluding steroid dienone is 1. The minimum absolute atomic E-state index is 0.537. The third kappa shape index (κ3) is 2.07. The van der Waals surface area contributed by atoms with E-state index in [0.29, 0.717) is 6.04 Å². The lowest BCUT2D eigenvalue weighted by molar-refractivity contribution is 0.274. The molecule has 1 rings (SSSR count). The highest BCUT2D eigenvalue weighted by molar-refractivity contribution is 5.94. The number of hydrogen-bond acceptors (Lipinski definition) is 2. The summed E-state index contributed by atoms with van der Waals surface area (Å²) in [5.41, 5.74) is 1.18. The van der Waals surface area contributed by atoms with E-state index in [2.05, 4.69) is 31.1 Å². The van der Waals surface area contributed by atoms with E-state index >= 15 is 0 Å². The van der Waals surface area contributed by atoms with Crippen LogP contribution in [0, 0.1) is 0 Å². The molecular weight excluding hydrogens is 136 g/mol.